The third-order valence-electron chi connectivity index (χ3n) is 4.21. The highest BCUT2D eigenvalue weighted by molar-refractivity contribution is 5.29. The summed E-state index contributed by atoms with van der Waals surface area (Å²) < 4.78 is 7.99. The molecule has 0 aliphatic heterocycles. The van der Waals surface area contributed by atoms with Crippen LogP contribution in [0.15, 0.2) is 42.6 Å². The van der Waals surface area contributed by atoms with Gasteiger partial charge in [0.25, 0.3) is 0 Å². The van der Waals surface area contributed by atoms with Crippen molar-refractivity contribution < 1.29 is 9.84 Å². The van der Waals surface area contributed by atoms with E-state index in [2.05, 4.69) is 30.7 Å². The van der Waals surface area contributed by atoms with Gasteiger partial charge >= 0.3 is 0 Å². The molecule has 21 heavy (non-hydrogen) atoms. The molecule has 1 unspecified atom stereocenters. The Morgan fingerprint density at radius 3 is 2.76 bits per heavy atom. The zero-order valence-electron chi connectivity index (χ0n) is 12.7. The van der Waals surface area contributed by atoms with Crippen molar-refractivity contribution >= 4 is 0 Å². The number of hydrogen-bond acceptors (Lipinski definition) is 2. The smallest absolute Gasteiger partial charge is 0.119 e. The molecule has 0 fully saturated rings. The minimum atomic E-state index is -0.333. The maximum absolute atomic E-state index is 10.3. The number of hydrogen-bond donors (Lipinski definition) is 1. The number of nitrogens with zero attached hydrogens (tertiary/aromatic N) is 1. The summed E-state index contributed by atoms with van der Waals surface area (Å²) in [7, 11) is 0. The van der Waals surface area contributed by atoms with Gasteiger partial charge < -0.3 is 14.4 Å². The summed E-state index contributed by atoms with van der Waals surface area (Å²) in [4.78, 5) is 0. The van der Waals surface area contributed by atoms with Gasteiger partial charge in [-0.1, -0.05) is 32.0 Å². The molecule has 1 aliphatic carbocycles. The SMILES string of the molecule is CC1(C)Cc2c(ccn2CCOc2ccccc2)C(O)C1. The Hall–Kier alpha value is -1.74. The van der Waals surface area contributed by atoms with E-state index in [-0.39, 0.29) is 11.5 Å². The Balaban J connectivity index is 1.67. The monoisotopic (exact) mass is 285 g/mol. The fourth-order valence-corrected chi connectivity index (χ4v) is 3.18. The molecule has 0 saturated carbocycles. The van der Waals surface area contributed by atoms with Crippen LogP contribution in [-0.2, 0) is 13.0 Å². The third-order valence-corrected chi connectivity index (χ3v) is 4.21. The van der Waals surface area contributed by atoms with Gasteiger partial charge in [0.2, 0.25) is 0 Å². The van der Waals surface area contributed by atoms with E-state index in [1.807, 2.05) is 30.3 Å². The Labute approximate surface area is 126 Å². The number of fused-ring (bicyclic) bond motifs is 1. The second-order valence-corrected chi connectivity index (χ2v) is 6.63. The first-order chi connectivity index (χ1) is 10.1. The maximum Gasteiger partial charge on any atom is 0.119 e. The molecular formula is C18H23NO2. The molecule has 0 amide bonds. The van der Waals surface area contributed by atoms with Crippen LogP contribution >= 0.6 is 0 Å². The van der Waals surface area contributed by atoms with Crippen LogP contribution < -0.4 is 4.74 Å². The fraction of sp³-hybridized carbons (Fsp3) is 0.444. The molecule has 1 N–H and O–H groups in total. The maximum atomic E-state index is 10.3. The number of para-hydroxylation sites is 1. The highest BCUT2D eigenvalue weighted by atomic mass is 16.5. The Kier molecular flexibility index (Phi) is 3.77. The zero-order chi connectivity index (χ0) is 14.9. The van der Waals surface area contributed by atoms with Gasteiger partial charge in [0.05, 0.1) is 12.6 Å². The molecule has 3 heteroatoms. The van der Waals surface area contributed by atoms with E-state index in [9.17, 15) is 5.11 Å². The molecule has 0 bridgehead atoms. The summed E-state index contributed by atoms with van der Waals surface area (Å²) in [5.74, 6) is 0.902. The predicted molar refractivity (Wildman–Crippen MR) is 83.4 cm³/mol. The molecule has 1 aliphatic rings. The quantitative estimate of drug-likeness (QED) is 0.932. The van der Waals surface area contributed by atoms with Gasteiger partial charge in [-0.15, -0.1) is 0 Å². The number of aromatic nitrogens is 1. The van der Waals surface area contributed by atoms with Crippen LogP contribution in [0, 0.1) is 5.41 Å². The van der Waals surface area contributed by atoms with Crippen LogP contribution in [0.3, 0.4) is 0 Å². The van der Waals surface area contributed by atoms with Crippen molar-refractivity contribution in [1.82, 2.24) is 4.57 Å². The summed E-state index contributed by atoms with van der Waals surface area (Å²) in [6.07, 6.45) is 3.59. The van der Waals surface area contributed by atoms with Crippen LogP contribution in [0.2, 0.25) is 0 Å². The van der Waals surface area contributed by atoms with Crippen LogP contribution in [0.1, 0.15) is 37.6 Å². The van der Waals surface area contributed by atoms with Crippen LogP contribution in [0.4, 0.5) is 0 Å². The van der Waals surface area contributed by atoms with Crippen molar-refractivity contribution in [3.8, 4) is 5.75 Å². The van der Waals surface area contributed by atoms with E-state index in [1.54, 1.807) is 0 Å². The lowest BCUT2D eigenvalue weighted by atomic mass is 9.75. The molecule has 0 spiro atoms. The molecule has 1 aromatic carbocycles. The second kappa shape index (κ2) is 5.57. The van der Waals surface area contributed by atoms with Gasteiger partial charge in [-0.3, -0.25) is 0 Å². The van der Waals surface area contributed by atoms with Gasteiger partial charge in [-0.05, 0) is 36.5 Å². The molecule has 1 aromatic heterocycles. The first-order valence-electron chi connectivity index (χ1n) is 7.59. The second-order valence-electron chi connectivity index (χ2n) is 6.63. The molecule has 1 heterocycles. The van der Waals surface area contributed by atoms with E-state index in [1.165, 1.54) is 5.69 Å². The summed E-state index contributed by atoms with van der Waals surface area (Å²) in [6, 6.07) is 11.9. The number of benzene rings is 1. The molecule has 1 atom stereocenters. The first kappa shape index (κ1) is 14.2. The zero-order valence-corrected chi connectivity index (χ0v) is 12.7. The van der Waals surface area contributed by atoms with Crippen molar-refractivity contribution in [3.05, 3.63) is 53.9 Å². The minimum Gasteiger partial charge on any atom is -0.492 e. The summed E-state index contributed by atoms with van der Waals surface area (Å²) in [5, 5.41) is 10.3. The average molecular weight is 285 g/mol. The minimum absolute atomic E-state index is 0.156. The molecule has 112 valence electrons. The number of ether oxygens (including phenoxy) is 1. The van der Waals surface area contributed by atoms with Gasteiger partial charge in [0, 0.05) is 17.5 Å². The molecule has 0 saturated heterocycles. The van der Waals surface area contributed by atoms with Crippen molar-refractivity contribution in [2.24, 2.45) is 5.41 Å². The molecule has 0 radical (unpaired) electrons. The van der Waals surface area contributed by atoms with Crippen LogP contribution in [0.5, 0.6) is 5.75 Å². The first-order valence-corrected chi connectivity index (χ1v) is 7.59. The third kappa shape index (κ3) is 3.13. The standard InChI is InChI=1S/C18H23NO2/c1-18(2)12-16-15(17(20)13-18)8-9-19(16)10-11-21-14-6-4-3-5-7-14/h3-9,17,20H,10-13H2,1-2H3. The topological polar surface area (TPSA) is 34.4 Å². The predicted octanol–water partition coefficient (Wildman–Crippen LogP) is 3.57. The average Bonchev–Trinajstić information content (AvgIpc) is 2.82. The Morgan fingerprint density at radius 1 is 1.24 bits per heavy atom. The van der Waals surface area contributed by atoms with E-state index in [0.717, 1.165) is 30.7 Å². The summed E-state index contributed by atoms with van der Waals surface area (Å²) in [5.41, 5.74) is 2.51. The van der Waals surface area contributed by atoms with Gasteiger partial charge in [-0.25, -0.2) is 0 Å². The number of aliphatic hydroxyl groups excluding tert-OH is 1. The van der Waals surface area contributed by atoms with Gasteiger partial charge in [-0.2, -0.15) is 0 Å². The Morgan fingerprint density at radius 2 is 2.00 bits per heavy atom. The highest BCUT2D eigenvalue weighted by Gasteiger charge is 2.33. The normalized spacial score (nSPS) is 20.0. The lowest BCUT2D eigenvalue weighted by Gasteiger charge is -2.34. The van der Waals surface area contributed by atoms with Gasteiger partial charge in [0.15, 0.2) is 0 Å². The summed E-state index contributed by atoms with van der Waals surface area (Å²) >= 11 is 0. The van der Waals surface area contributed by atoms with E-state index in [0.29, 0.717) is 6.61 Å². The lowest BCUT2D eigenvalue weighted by molar-refractivity contribution is 0.0976. The highest BCUT2D eigenvalue weighted by Crippen LogP contribution is 2.40. The van der Waals surface area contributed by atoms with Crippen molar-refractivity contribution in [2.45, 2.75) is 39.3 Å². The van der Waals surface area contributed by atoms with E-state index < -0.39 is 0 Å². The van der Waals surface area contributed by atoms with Gasteiger partial charge in [0.1, 0.15) is 12.4 Å². The number of aliphatic hydroxyl groups is 1. The van der Waals surface area contributed by atoms with E-state index in [4.69, 9.17) is 4.74 Å². The van der Waals surface area contributed by atoms with Crippen LogP contribution in [0.25, 0.3) is 0 Å². The Bertz CT molecular complexity index is 601. The van der Waals surface area contributed by atoms with Crippen molar-refractivity contribution in [1.29, 1.82) is 0 Å². The number of rotatable bonds is 4. The van der Waals surface area contributed by atoms with Crippen molar-refractivity contribution in [3.63, 3.8) is 0 Å². The van der Waals surface area contributed by atoms with Crippen molar-refractivity contribution in [2.75, 3.05) is 6.61 Å². The molecule has 3 nitrogen and oxygen atoms in total. The largest absolute Gasteiger partial charge is 0.492 e. The molecule has 2 aromatic rings. The fourth-order valence-electron chi connectivity index (χ4n) is 3.18. The molecule has 3 rings (SSSR count). The lowest BCUT2D eigenvalue weighted by Crippen LogP contribution is -2.27. The van der Waals surface area contributed by atoms with E-state index >= 15 is 0 Å². The van der Waals surface area contributed by atoms with Crippen LogP contribution in [-0.4, -0.2) is 16.3 Å². The molecular weight excluding hydrogens is 262 g/mol. The summed E-state index contributed by atoms with van der Waals surface area (Å²) in [6.45, 7) is 5.89.